The average Bonchev–Trinajstić information content (AvgIpc) is 2.79. The minimum Gasteiger partial charge on any atom is -0.329 e. The maximum atomic E-state index is 12.9. The van der Waals surface area contributed by atoms with Crippen LogP contribution in [0.2, 0.25) is 0 Å². The fourth-order valence-electron chi connectivity index (χ4n) is 3.43. The second kappa shape index (κ2) is 5.72. The van der Waals surface area contributed by atoms with Gasteiger partial charge in [0.05, 0.1) is 11.0 Å². The van der Waals surface area contributed by atoms with Crippen molar-refractivity contribution in [3.63, 3.8) is 0 Å². The summed E-state index contributed by atoms with van der Waals surface area (Å²) in [5.41, 5.74) is 3.55. The van der Waals surface area contributed by atoms with E-state index in [0.29, 0.717) is 25.3 Å². The number of hydrogen-bond donors (Lipinski definition) is 1. The van der Waals surface area contributed by atoms with Crippen LogP contribution in [0.4, 0.5) is 0 Å². The molecule has 122 valence electrons. The molecule has 5 nitrogen and oxygen atoms in total. The molecule has 3 rings (SSSR count). The molecular formula is C18H23N3O2. The predicted octanol–water partition coefficient (Wildman–Crippen LogP) is 2.91. The summed E-state index contributed by atoms with van der Waals surface area (Å²) in [4.78, 5) is 25.3. The second-order valence-electron chi connectivity index (χ2n) is 6.41. The number of amides is 1. The van der Waals surface area contributed by atoms with Crippen LogP contribution in [0.15, 0.2) is 35.3 Å². The van der Waals surface area contributed by atoms with Crippen LogP contribution < -0.4 is 11.0 Å². The van der Waals surface area contributed by atoms with Crippen LogP contribution in [0.25, 0.3) is 11.0 Å². The van der Waals surface area contributed by atoms with Crippen molar-refractivity contribution in [1.82, 2.24) is 14.5 Å². The van der Waals surface area contributed by atoms with E-state index in [1.807, 2.05) is 19.1 Å². The largest absolute Gasteiger partial charge is 0.329 e. The van der Waals surface area contributed by atoms with Gasteiger partial charge in [0.2, 0.25) is 5.91 Å². The van der Waals surface area contributed by atoms with Gasteiger partial charge >= 0.3 is 5.69 Å². The third kappa shape index (κ3) is 2.40. The lowest BCUT2D eigenvalue weighted by Crippen LogP contribution is -2.40. The summed E-state index contributed by atoms with van der Waals surface area (Å²) in [6.45, 7) is 10.6. The standard InChI is InChI=1S/C18H23N3O2/c1-5-20-16-13(11(2)3)7-6-8-14(16)21(18(20)23)15-10-9-12(4)19-17(15)22/h6-8,11,15H,4-5,9-10H2,1-3H3,(H,19,22). The minimum absolute atomic E-state index is 0.108. The quantitative estimate of drug-likeness (QED) is 0.947. The number of aromatic nitrogens is 2. The Kier molecular flexibility index (Phi) is 3.88. The number of nitrogens with zero attached hydrogens (tertiary/aromatic N) is 2. The van der Waals surface area contributed by atoms with Crippen molar-refractivity contribution in [1.29, 1.82) is 0 Å². The Hall–Kier alpha value is -2.30. The first-order valence-corrected chi connectivity index (χ1v) is 8.18. The number of nitrogens with one attached hydrogen (secondary N) is 1. The molecule has 0 spiro atoms. The Bertz CT molecular complexity index is 842. The number of allylic oxidation sites excluding steroid dienone is 1. The third-order valence-electron chi connectivity index (χ3n) is 4.58. The fourth-order valence-corrected chi connectivity index (χ4v) is 3.43. The Balaban J connectivity index is 2.28. The molecule has 1 aliphatic rings. The molecule has 0 radical (unpaired) electrons. The molecule has 1 atom stereocenters. The van der Waals surface area contributed by atoms with Crippen molar-refractivity contribution in [3.05, 3.63) is 46.5 Å². The van der Waals surface area contributed by atoms with Crippen LogP contribution in [-0.4, -0.2) is 15.0 Å². The van der Waals surface area contributed by atoms with E-state index in [9.17, 15) is 9.59 Å². The van der Waals surface area contributed by atoms with E-state index in [4.69, 9.17) is 0 Å². The molecule has 0 bridgehead atoms. The van der Waals surface area contributed by atoms with E-state index in [2.05, 4.69) is 31.8 Å². The zero-order chi connectivity index (χ0) is 16.7. The number of imidazole rings is 1. The zero-order valence-electron chi connectivity index (χ0n) is 13.9. The van der Waals surface area contributed by atoms with E-state index in [0.717, 1.165) is 22.3 Å². The zero-order valence-corrected chi connectivity index (χ0v) is 13.9. The maximum Gasteiger partial charge on any atom is 0.329 e. The number of carbonyl (C=O) groups excluding carboxylic acids is 1. The Morgan fingerprint density at radius 1 is 1.35 bits per heavy atom. The maximum absolute atomic E-state index is 12.9. The van der Waals surface area contributed by atoms with E-state index in [1.165, 1.54) is 0 Å². The van der Waals surface area contributed by atoms with Crippen molar-refractivity contribution in [2.45, 2.75) is 52.1 Å². The summed E-state index contributed by atoms with van der Waals surface area (Å²) in [5.74, 6) is 0.167. The Morgan fingerprint density at radius 2 is 2.09 bits per heavy atom. The average molecular weight is 313 g/mol. The lowest BCUT2D eigenvalue weighted by atomic mass is 10.0. The SMILES string of the molecule is C=C1CCC(n2c(=O)n(CC)c3c(C(C)C)cccc32)C(=O)N1. The monoisotopic (exact) mass is 313 g/mol. The molecule has 1 saturated heterocycles. The van der Waals surface area contributed by atoms with Crippen molar-refractivity contribution in [2.24, 2.45) is 0 Å². The molecule has 1 aliphatic heterocycles. The number of aryl methyl sites for hydroxylation is 1. The van der Waals surface area contributed by atoms with E-state index in [1.54, 1.807) is 9.13 Å². The van der Waals surface area contributed by atoms with Crippen LogP contribution in [0.3, 0.4) is 0 Å². The molecule has 1 aromatic heterocycles. The normalized spacial score (nSPS) is 18.7. The molecule has 0 saturated carbocycles. The van der Waals surface area contributed by atoms with Crippen molar-refractivity contribution < 1.29 is 4.79 Å². The number of carbonyl (C=O) groups is 1. The van der Waals surface area contributed by atoms with Crippen molar-refractivity contribution >= 4 is 16.9 Å². The lowest BCUT2D eigenvalue weighted by molar-refractivity contribution is -0.124. The highest BCUT2D eigenvalue weighted by atomic mass is 16.2. The Morgan fingerprint density at radius 3 is 2.70 bits per heavy atom. The molecule has 1 N–H and O–H groups in total. The molecule has 2 aromatic rings. The second-order valence-corrected chi connectivity index (χ2v) is 6.41. The molecule has 1 unspecified atom stereocenters. The van der Waals surface area contributed by atoms with Gasteiger partial charge in [0.15, 0.2) is 0 Å². The molecule has 23 heavy (non-hydrogen) atoms. The van der Waals surface area contributed by atoms with Gasteiger partial charge in [0.1, 0.15) is 6.04 Å². The third-order valence-corrected chi connectivity index (χ3v) is 4.58. The summed E-state index contributed by atoms with van der Waals surface area (Å²) in [5, 5.41) is 2.78. The number of rotatable bonds is 3. The number of benzene rings is 1. The minimum atomic E-state index is -0.467. The summed E-state index contributed by atoms with van der Waals surface area (Å²) in [7, 11) is 0. The summed E-state index contributed by atoms with van der Waals surface area (Å²) in [6, 6.07) is 5.50. The summed E-state index contributed by atoms with van der Waals surface area (Å²) < 4.78 is 3.44. The molecule has 1 fully saturated rings. The van der Waals surface area contributed by atoms with Crippen LogP contribution in [-0.2, 0) is 11.3 Å². The van der Waals surface area contributed by atoms with Crippen LogP contribution in [0, 0.1) is 0 Å². The lowest BCUT2D eigenvalue weighted by Gasteiger charge is -2.24. The van der Waals surface area contributed by atoms with Gasteiger partial charge in [-0.1, -0.05) is 32.6 Å². The first-order valence-electron chi connectivity index (χ1n) is 8.18. The van der Waals surface area contributed by atoms with Crippen LogP contribution in [0.5, 0.6) is 0 Å². The first kappa shape index (κ1) is 15.6. The number of hydrogen-bond acceptors (Lipinski definition) is 2. The topological polar surface area (TPSA) is 56.0 Å². The predicted molar refractivity (Wildman–Crippen MR) is 91.5 cm³/mol. The molecular weight excluding hydrogens is 290 g/mol. The van der Waals surface area contributed by atoms with Gasteiger partial charge in [-0.05, 0) is 37.3 Å². The van der Waals surface area contributed by atoms with Gasteiger partial charge in [0.25, 0.3) is 0 Å². The highest BCUT2D eigenvalue weighted by Gasteiger charge is 2.30. The van der Waals surface area contributed by atoms with Gasteiger partial charge in [-0.25, -0.2) is 4.79 Å². The van der Waals surface area contributed by atoms with Gasteiger partial charge in [0, 0.05) is 12.2 Å². The van der Waals surface area contributed by atoms with Crippen molar-refractivity contribution in [3.8, 4) is 0 Å². The van der Waals surface area contributed by atoms with E-state index < -0.39 is 6.04 Å². The van der Waals surface area contributed by atoms with Gasteiger partial charge in [-0.3, -0.25) is 13.9 Å². The first-order chi connectivity index (χ1) is 11.0. The highest BCUT2D eigenvalue weighted by Crippen LogP contribution is 2.29. The molecule has 5 heteroatoms. The molecule has 1 aromatic carbocycles. The highest BCUT2D eigenvalue weighted by molar-refractivity contribution is 5.87. The van der Waals surface area contributed by atoms with E-state index in [-0.39, 0.29) is 11.6 Å². The van der Waals surface area contributed by atoms with Gasteiger partial charge < -0.3 is 5.32 Å². The smallest absolute Gasteiger partial charge is 0.329 e. The summed E-state index contributed by atoms with van der Waals surface area (Å²) in [6.07, 6.45) is 1.31. The van der Waals surface area contributed by atoms with Crippen molar-refractivity contribution in [2.75, 3.05) is 0 Å². The molecule has 1 amide bonds. The molecule has 2 heterocycles. The fraction of sp³-hybridized carbons (Fsp3) is 0.444. The van der Waals surface area contributed by atoms with Crippen LogP contribution in [0.1, 0.15) is 51.1 Å². The Labute approximate surface area is 135 Å². The van der Waals surface area contributed by atoms with E-state index >= 15 is 0 Å². The van der Waals surface area contributed by atoms with Gasteiger partial charge in [-0.2, -0.15) is 0 Å². The number of fused-ring (bicyclic) bond motifs is 1. The number of para-hydroxylation sites is 1. The number of piperidine rings is 1. The molecule has 0 aliphatic carbocycles. The summed E-state index contributed by atoms with van der Waals surface area (Å²) >= 11 is 0. The van der Waals surface area contributed by atoms with Crippen LogP contribution >= 0.6 is 0 Å². The van der Waals surface area contributed by atoms with Gasteiger partial charge in [-0.15, -0.1) is 0 Å².